The number of aldehydes is 1. The van der Waals surface area contributed by atoms with Crippen molar-refractivity contribution in [2.24, 2.45) is 0 Å². The minimum Gasteiger partial charge on any atom is -0.457 e. The standard InChI is InChI=1S/C14H10BrFO2/c1-9-4-13(3-2-10(9)8-17)18-14-6-11(15)5-12(16)7-14/h2-8H,1H3. The van der Waals surface area contributed by atoms with E-state index in [1.807, 2.05) is 6.92 Å². The van der Waals surface area contributed by atoms with Gasteiger partial charge in [0.2, 0.25) is 0 Å². The van der Waals surface area contributed by atoms with Gasteiger partial charge in [0.05, 0.1) is 0 Å². The third-order valence-electron chi connectivity index (χ3n) is 2.44. The molecular weight excluding hydrogens is 299 g/mol. The molecule has 0 aromatic heterocycles. The summed E-state index contributed by atoms with van der Waals surface area (Å²) in [5, 5.41) is 0. The van der Waals surface area contributed by atoms with Gasteiger partial charge >= 0.3 is 0 Å². The predicted octanol–water partition coefficient (Wildman–Crippen LogP) is 4.50. The average Bonchev–Trinajstić information content (AvgIpc) is 2.27. The molecule has 2 aromatic carbocycles. The van der Waals surface area contributed by atoms with Crippen molar-refractivity contribution >= 4 is 22.2 Å². The first-order valence-corrected chi connectivity index (χ1v) is 6.07. The van der Waals surface area contributed by atoms with Gasteiger partial charge in [-0.15, -0.1) is 0 Å². The number of ether oxygens (including phenoxy) is 1. The first kappa shape index (κ1) is 12.8. The van der Waals surface area contributed by atoms with Crippen molar-refractivity contribution < 1.29 is 13.9 Å². The van der Waals surface area contributed by atoms with Gasteiger partial charge in [0, 0.05) is 16.1 Å². The molecular formula is C14H10BrFO2. The smallest absolute Gasteiger partial charge is 0.150 e. The van der Waals surface area contributed by atoms with Crippen LogP contribution in [-0.2, 0) is 0 Å². The number of carbonyl (C=O) groups is 1. The Morgan fingerprint density at radius 2 is 1.94 bits per heavy atom. The zero-order valence-electron chi connectivity index (χ0n) is 9.61. The number of hydrogen-bond acceptors (Lipinski definition) is 2. The Labute approximate surface area is 113 Å². The van der Waals surface area contributed by atoms with Crippen molar-refractivity contribution in [3.05, 3.63) is 57.8 Å². The van der Waals surface area contributed by atoms with Gasteiger partial charge in [-0.25, -0.2) is 4.39 Å². The van der Waals surface area contributed by atoms with Gasteiger partial charge in [-0.05, 0) is 42.8 Å². The van der Waals surface area contributed by atoms with Crippen molar-refractivity contribution in [3.8, 4) is 11.5 Å². The second-order valence-electron chi connectivity index (χ2n) is 3.84. The van der Waals surface area contributed by atoms with Crippen LogP contribution in [0, 0.1) is 12.7 Å². The molecule has 0 unspecified atom stereocenters. The first-order chi connectivity index (χ1) is 8.58. The number of benzene rings is 2. The molecule has 0 heterocycles. The summed E-state index contributed by atoms with van der Waals surface area (Å²) < 4.78 is 19.3. The molecule has 2 rings (SSSR count). The largest absolute Gasteiger partial charge is 0.457 e. The zero-order valence-corrected chi connectivity index (χ0v) is 11.2. The molecule has 0 N–H and O–H groups in total. The number of halogens is 2. The van der Waals surface area contributed by atoms with Crippen LogP contribution in [0.4, 0.5) is 4.39 Å². The molecule has 0 aliphatic carbocycles. The van der Waals surface area contributed by atoms with Gasteiger partial charge in [-0.2, -0.15) is 0 Å². The number of carbonyl (C=O) groups excluding carboxylic acids is 1. The van der Waals surface area contributed by atoms with E-state index in [0.717, 1.165) is 11.8 Å². The second kappa shape index (κ2) is 5.31. The van der Waals surface area contributed by atoms with Gasteiger partial charge in [0.25, 0.3) is 0 Å². The summed E-state index contributed by atoms with van der Waals surface area (Å²) >= 11 is 3.20. The van der Waals surface area contributed by atoms with E-state index in [1.54, 1.807) is 24.3 Å². The summed E-state index contributed by atoms with van der Waals surface area (Å²) in [6.07, 6.45) is 0.790. The maximum absolute atomic E-state index is 13.2. The fraction of sp³-hybridized carbons (Fsp3) is 0.0714. The summed E-state index contributed by atoms with van der Waals surface area (Å²) in [5.41, 5.74) is 1.43. The number of rotatable bonds is 3. The van der Waals surface area contributed by atoms with E-state index in [9.17, 15) is 9.18 Å². The third kappa shape index (κ3) is 2.96. The van der Waals surface area contributed by atoms with Crippen LogP contribution in [0.5, 0.6) is 11.5 Å². The quantitative estimate of drug-likeness (QED) is 0.780. The van der Waals surface area contributed by atoms with E-state index in [-0.39, 0.29) is 5.82 Å². The highest BCUT2D eigenvalue weighted by atomic mass is 79.9. The lowest BCUT2D eigenvalue weighted by molar-refractivity contribution is 0.112. The van der Waals surface area contributed by atoms with Crippen LogP contribution in [-0.4, -0.2) is 6.29 Å². The molecule has 0 amide bonds. The van der Waals surface area contributed by atoms with Gasteiger partial charge in [-0.3, -0.25) is 4.79 Å². The Bertz CT molecular complexity index is 576. The Hall–Kier alpha value is -1.68. The summed E-state index contributed by atoms with van der Waals surface area (Å²) in [6, 6.07) is 9.41. The van der Waals surface area contributed by atoms with E-state index >= 15 is 0 Å². The Kier molecular flexibility index (Phi) is 3.77. The molecule has 2 nitrogen and oxygen atoms in total. The second-order valence-corrected chi connectivity index (χ2v) is 4.76. The summed E-state index contributed by atoms with van der Waals surface area (Å²) in [6.45, 7) is 1.82. The van der Waals surface area contributed by atoms with E-state index < -0.39 is 0 Å². The lowest BCUT2D eigenvalue weighted by Crippen LogP contribution is -1.90. The van der Waals surface area contributed by atoms with Crippen LogP contribution >= 0.6 is 15.9 Å². The van der Waals surface area contributed by atoms with Gasteiger partial charge in [0.1, 0.15) is 23.6 Å². The molecule has 0 radical (unpaired) electrons. The van der Waals surface area contributed by atoms with Crippen LogP contribution in [0.3, 0.4) is 0 Å². The van der Waals surface area contributed by atoms with Gasteiger partial charge in [-0.1, -0.05) is 15.9 Å². The van der Waals surface area contributed by atoms with E-state index in [1.165, 1.54) is 12.1 Å². The van der Waals surface area contributed by atoms with Crippen LogP contribution in [0.15, 0.2) is 40.9 Å². The van der Waals surface area contributed by atoms with Crippen molar-refractivity contribution in [3.63, 3.8) is 0 Å². The van der Waals surface area contributed by atoms with E-state index in [0.29, 0.717) is 21.5 Å². The first-order valence-electron chi connectivity index (χ1n) is 5.28. The normalized spacial score (nSPS) is 10.2. The van der Waals surface area contributed by atoms with Crippen LogP contribution in [0.25, 0.3) is 0 Å². The maximum atomic E-state index is 13.2. The Morgan fingerprint density at radius 1 is 1.17 bits per heavy atom. The lowest BCUT2D eigenvalue weighted by atomic mass is 10.1. The Morgan fingerprint density at radius 3 is 2.56 bits per heavy atom. The minimum atomic E-state index is -0.374. The molecule has 18 heavy (non-hydrogen) atoms. The number of hydrogen-bond donors (Lipinski definition) is 0. The molecule has 0 aliphatic rings. The molecule has 4 heteroatoms. The van der Waals surface area contributed by atoms with Gasteiger partial charge in [0.15, 0.2) is 0 Å². The predicted molar refractivity (Wildman–Crippen MR) is 70.7 cm³/mol. The summed E-state index contributed by atoms with van der Waals surface area (Å²) in [5.74, 6) is 0.594. The Balaban J connectivity index is 2.28. The molecule has 0 atom stereocenters. The zero-order chi connectivity index (χ0) is 13.1. The highest BCUT2D eigenvalue weighted by Gasteiger charge is 2.04. The summed E-state index contributed by atoms with van der Waals surface area (Å²) in [7, 11) is 0. The fourth-order valence-corrected chi connectivity index (χ4v) is 2.01. The molecule has 0 spiro atoms. The van der Waals surface area contributed by atoms with Gasteiger partial charge < -0.3 is 4.74 Å². The van der Waals surface area contributed by atoms with Crippen LogP contribution in [0.2, 0.25) is 0 Å². The van der Waals surface area contributed by atoms with Crippen LogP contribution in [0.1, 0.15) is 15.9 Å². The van der Waals surface area contributed by atoms with E-state index in [4.69, 9.17) is 4.74 Å². The average molecular weight is 309 g/mol. The number of aryl methyl sites for hydroxylation is 1. The summed E-state index contributed by atoms with van der Waals surface area (Å²) in [4.78, 5) is 10.7. The molecule has 92 valence electrons. The molecule has 0 bridgehead atoms. The fourth-order valence-electron chi connectivity index (χ4n) is 1.57. The SMILES string of the molecule is Cc1cc(Oc2cc(F)cc(Br)c2)ccc1C=O. The monoisotopic (exact) mass is 308 g/mol. The van der Waals surface area contributed by atoms with Crippen LogP contribution < -0.4 is 4.74 Å². The lowest BCUT2D eigenvalue weighted by Gasteiger charge is -2.08. The van der Waals surface area contributed by atoms with Crippen molar-refractivity contribution in [2.45, 2.75) is 6.92 Å². The highest BCUT2D eigenvalue weighted by molar-refractivity contribution is 9.10. The van der Waals surface area contributed by atoms with Crippen molar-refractivity contribution in [1.82, 2.24) is 0 Å². The van der Waals surface area contributed by atoms with Crippen molar-refractivity contribution in [2.75, 3.05) is 0 Å². The molecule has 2 aromatic rings. The highest BCUT2D eigenvalue weighted by Crippen LogP contribution is 2.27. The minimum absolute atomic E-state index is 0.374. The third-order valence-corrected chi connectivity index (χ3v) is 2.90. The maximum Gasteiger partial charge on any atom is 0.150 e. The van der Waals surface area contributed by atoms with E-state index in [2.05, 4.69) is 15.9 Å². The molecule has 0 saturated heterocycles. The van der Waals surface area contributed by atoms with Crippen molar-refractivity contribution in [1.29, 1.82) is 0 Å². The molecule has 0 saturated carbocycles. The molecule has 0 aliphatic heterocycles. The topological polar surface area (TPSA) is 26.3 Å². The molecule has 0 fully saturated rings.